The largest absolute Gasteiger partial charge is 0.456 e. The third kappa shape index (κ3) is 13.1. The number of ketones is 2. The summed E-state index contributed by atoms with van der Waals surface area (Å²) in [6.07, 6.45) is 8.14. The van der Waals surface area contributed by atoms with E-state index in [0.29, 0.717) is 54.6 Å². The second-order valence-electron chi connectivity index (χ2n) is 13.6. The van der Waals surface area contributed by atoms with E-state index in [1.54, 1.807) is 39.0 Å². The molecule has 0 saturated carbocycles. The number of nitriles is 1. The number of carbonyl (C=O) groups excluding carboxylic acids is 3. The van der Waals surface area contributed by atoms with E-state index in [2.05, 4.69) is 6.07 Å². The maximum atomic E-state index is 13.6. The fourth-order valence-electron chi connectivity index (χ4n) is 5.88. The van der Waals surface area contributed by atoms with Gasteiger partial charge in [0.05, 0.1) is 23.0 Å². The van der Waals surface area contributed by atoms with Crippen molar-refractivity contribution < 1.29 is 23.5 Å². The molecule has 0 spiro atoms. The Bertz CT molecular complexity index is 1640. The standard InChI is InChI=1S/C41H50FN3O4/c1-5-30(38(46)24-14-21-35(44)40(48)49-41(2,3)4)17-7-6-8-23-39(47)34-25-26-37(33-20-11-10-18-31(33)28-43)45-36(34)22-12-9-15-29-16-13-19-32(42)27-29/h10-11,13,16,18-20,25-27,30,44H,5-9,12,14-15,17,21-24H2,1-4H3. The lowest BCUT2D eigenvalue weighted by Gasteiger charge is -2.19. The van der Waals surface area contributed by atoms with Crippen LogP contribution in [0.2, 0.25) is 0 Å². The van der Waals surface area contributed by atoms with Gasteiger partial charge in [0.2, 0.25) is 0 Å². The maximum Gasteiger partial charge on any atom is 0.352 e. The Morgan fingerprint density at radius 3 is 2.37 bits per heavy atom. The molecule has 1 N–H and O–H groups in total. The van der Waals surface area contributed by atoms with Gasteiger partial charge in [-0.25, -0.2) is 9.18 Å². The molecule has 2 aromatic carbocycles. The Kier molecular flexibility index (Phi) is 15.5. The second kappa shape index (κ2) is 19.5. The van der Waals surface area contributed by atoms with Crippen LogP contribution in [0, 0.1) is 28.5 Å². The number of Topliss-reactive ketones (excluding diaryl/α,β-unsaturated/α-hetero) is 2. The molecular weight excluding hydrogens is 617 g/mol. The number of benzene rings is 2. The first-order valence-corrected chi connectivity index (χ1v) is 17.5. The summed E-state index contributed by atoms with van der Waals surface area (Å²) < 4.78 is 18.8. The number of carbonyl (C=O) groups is 3. The van der Waals surface area contributed by atoms with Crippen LogP contribution in [0.25, 0.3) is 11.3 Å². The normalized spacial score (nSPS) is 11.8. The lowest BCUT2D eigenvalue weighted by Crippen LogP contribution is -2.28. The average Bonchev–Trinajstić information content (AvgIpc) is 3.07. The summed E-state index contributed by atoms with van der Waals surface area (Å²) >= 11 is 0. The molecule has 3 aromatic rings. The number of hydrogen-bond acceptors (Lipinski definition) is 7. The molecule has 0 aliphatic rings. The zero-order valence-electron chi connectivity index (χ0n) is 29.4. The fourth-order valence-corrected chi connectivity index (χ4v) is 5.88. The molecule has 0 amide bonds. The summed E-state index contributed by atoms with van der Waals surface area (Å²) in [5, 5.41) is 17.6. The first-order chi connectivity index (χ1) is 23.4. The highest BCUT2D eigenvalue weighted by Gasteiger charge is 2.21. The highest BCUT2D eigenvalue weighted by Crippen LogP contribution is 2.25. The van der Waals surface area contributed by atoms with Gasteiger partial charge >= 0.3 is 5.97 Å². The van der Waals surface area contributed by atoms with E-state index in [0.717, 1.165) is 56.1 Å². The predicted molar refractivity (Wildman–Crippen MR) is 191 cm³/mol. The topological polar surface area (TPSA) is 121 Å². The lowest BCUT2D eigenvalue weighted by molar-refractivity contribution is -0.146. The van der Waals surface area contributed by atoms with Crippen molar-refractivity contribution in [2.75, 3.05) is 0 Å². The molecular formula is C41H50FN3O4. The highest BCUT2D eigenvalue weighted by atomic mass is 19.1. The van der Waals surface area contributed by atoms with Gasteiger partial charge in [-0.2, -0.15) is 5.26 Å². The van der Waals surface area contributed by atoms with Gasteiger partial charge in [-0.3, -0.25) is 20.0 Å². The molecule has 1 aromatic heterocycles. The van der Waals surface area contributed by atoms with Crippen LogP contribution in [0.1, 0.15) is 126 Å². The van der Waals surface area contributed by atoms with Crippen LogP contribution in [-0.4, -0.2) is 33.8 Å². The quantitative estimate of drug-likeness (QED) is 0.0554. The van der Waals surface area contributed by atoms with Crippen molar-refractivity contribution in [2.45, 2.75) is 117 Å². The number of nitrogens with zero attached hydrogens (tertiary/aromatic N) is 2. The van der Waals surface area contributed by atoms with Crippen LogP contribution >= 0.6 is 0 Å². The third-order valence-corrected chi connectivity index (χ3v) is 8.52. The van der Waals surface area contributed by atoms with Crippen molar-refractivity contribution in [3.05, 3.63) is 88.9 Å². The molecule has 49 heavy (non-hydrogen) atoms. The molecule has 8 heteroatoms. The molecule has 0 aliphatic heterocycles. The summed E-state index contributed by atoms with van der Waals surface area (Å²) in [4.78, 5) is 43.2. The highest BCUT2D eigenvalue weighted by molar-refractivity contribution is 6.35. The molecule has 7 nitrogen and oxygen atoms in total. The van der Waals surface area contributed by atoms with Crippen LogP contribution in [0.5, 0.6) is 0 Å². The molecule has 0 saturated heterocycles. The van der Waals surface area contributed by atoms with Gasteiger partial charge in [0.15, 0.2) is 5.78 Å². The van der Waals surface area contributed by atoms with E-state index in [1.165, 1.54) is 6.07 Å². The van der Waals surface area contributed by atoms with E-state index in [9.17, 15) is 24.0 Å². The Labute approximate surface area is 290 Å². The van der Waals surface area contributed by atoms with E-state index in [4.69, 9.17) is 15.1 Å². The van der Waals surface area contributed by atoms with Gasteiger partial charge < -0.3 is 4.74 Å². The van der Waals surface area contributed by atoms with Crippen LogP contribution in [0.4, 0.5) is 4.39 Å². The second-order valence-corrected chi connectivity index (χ2v) is 13.6. The lowest BCUT2D eigenvalue weighted by atomic mass is 9.90. The summed E-state index contributed by atoms with van der Waals surface area (Å²) in [5.74, 6) is -0.768. The maximum absolute atomic E-state index is 13.6. The summed E-state index contributed by atoms with van der Waals surface area (Å²) in [5.41, 5.74) is 3.40. The fraction of sp³-hybridized carbons (Fsp3) is 0.463. The van der Waals surface area contributed by atoms with Crippen LogP contribution < -0.4 is 0 Å². The van der Waals surface area contributed by atoms with Gasteiger partial charge in [-0.05, 0) is 114 Å². The van der Waals surface area contributed by atoms with Gasteiger partial charge in [0.1, 0.15) is 22.9 Å². The first-order valence-electron chi connectivity index (χ1n) is 17.5. The minimum Gasteiger partial charge on any atom is -0.456 e. The van der Waals surface area contributed by atoms with Crippen LogP contribution in [0.15, 0.2) is 60.7 Å². The van der Waals surface area contributed by atoms with E-state index in [1.807, 2.05) is 43.3 Å². The summed E-state index contributed by atoms with van der Waals surface area (Å²) in [6, 6.07) is 19.8. The zero-order valence-corrected chi connectivity index (χ0v) is 29.4. The molecule has 0 radical (unpaired) electrons. The number of pyridine rings is 1. The van der Waals surface area contributed by atoms with Crippen molar-refractivity contribution in [2.24, 2.45) is 5.92 Å². The molecule has 1 heterocycles. The summed E-state index contributed by atoms with van der Waals surface area (Å²) in [6.45, 7) is 7.28. The van der Waals surface area contributed by atoms with Crippen LogP contribution in [0.3, 0.4) is 0 Å². The zero-order chi connectivity index (χ0) is 35.8. The SMILES string of the molecule is CCC(CCCCCC(=O)c1ccc(-c2ccccc2C#N)nc1CCCCc1cccc(F)c1)C(=O)CCCC(=N)C(=O)OC(C)(C)C. The molecule has 1 atom stereocenters. The minimum absolute atomic E-state index is 0.0308. The number of hydrogen-bond donors (Lipinski definition) is 1. The third-order valence-electron chi connectivity index (χ3n) is 8.52. The number of esters is 1. The minimum atomic E-state index is -0.654. The van der Waals surface area contributed by atoms with Gasteiger partial charge in [0, 0.05) is 29.9 Å². The van der Waals surface area contributed by atoms with E-state index >= 15 is 0 Å². The molecule has 0 fully saturated rings. The molecule has 1 unspecified atom stereocenters. The smallest absolute Gasteiger partial charge is 0.352 e. The number of unbranched alkanes of at least 4 members (excludes halogenated alkanes) is 3. The van der Waals surface area contributed by atoms with Gasteiger partial charge in [-0.1, -0.05) is 50.1 Å². The van der Waals surface area contributed by atoms with Crippen LogP contribution in [-0.2, 0) is 27.2 Å². The van der Waals surface area contributed by atoms with Gasteiger partial charge in [-0.15, -0.1) is 0 Å². The number of nitrogens with one attached hydrogen (secondary N) is 1. The van der Waals surface area contributed by atoms with E-state index < -0.39 is 11.6 Å². The summed E-state index contributed by atoms with van der Waals surface area (Å²) in [7, 11) is 0. The van der Waals surface area contributed by atoms with Crippen molar-refractivity contribution in [1.82, 2.24) is 4.98 Å². The van der Waals surface area contributed by atoms with Crippen molar-refractivity contribution >= 4 is 23.2 Å². The monoisotopic (exact) mass is 667 g/mol. The predicted octanol–water partition coefficient (Wildman–Crippen LogP) is 9.59. The Hall–Kier alpha value is -4.51. The van der Waals surface area contributed by atoms with Crippen molar-refractivity contribution in [3.63, 3.8) is 0 Å². The number of rotatable bonds is 20. The Balaban J connectivity index is 1.53. The van der Waals surface area contributed by atoms with Crippen molar-refractivity contribution in [1.29, 1.82) is 10.7 Å². The Morgan fingerprint density at radius 1 is 0.898 bits per heavy atom. The number of halogens is 1. The average molecular weight is 668 g/mol. The molecule has 0 aliphatic carbocycles. The number of aryl methyl sites for hydroxylation is 2. The Morgan fingerprint density at radius 2 is 1.65 bits per heavy atom. The van der Waals surface area contributed by atoms with Crippen molar-refractivity contribution in [3.8, 4) is 17.3 Å². The van der Waals surface area contributed by atoms with Gasteiger partial charge in [0.25, 0.3) is 0 Å². The first kappa shape index (κ1) is 38.9. The van der Waals surface area contributed by atoms with E-state index in [-0.39, 0.29) is 35.4 Å². The molecule has 260 valence electrons. The number of ether oxygens (including phenoxy) is 1. The molecule has 0 bridgehead atoms. The molecule has 3 rings (SSSR count). The number of aromatic nitrogens is 1.